The molecule has 0 spiro atoms. The summed E-state index contributed by atoms with van der Waals surface area (Å²) in [5.74, 6) is -0.372. The first kappa shape index (κ1) is 21.0. The molecule has 156 valence electrons. The number of morpholine rings is 1. The quantitative estimate of drug-likeness (QED) is 0.730. The first-order valence-electron chi connectivity index (χ1n) is 9.35. The lowest BCUT2D eigenvalue weighted by Crippen LogP contribution is -2.43. The number of nitrogens with one attached hydrogen (secondary N) is 1. The Morgan fingerprint density at radius 1 is 1.14 bits per heavy atom. The van der Waals surface area contributed by atoms with Gasteiger partial charge in [-0.2, -0.15) is 8.78 Å². The third kappa shape index (κ3) is 5.88. The van der Waals surface area contributed by atoms with Gasteiger partial charge < -0.3 is 19.5 Å². The number of carbonyl (C=O) groups excluding carboxylic acids is 1. The van der Waals surface area contributed by atoms with Crippen LogP contribution in [0.2, 0.25) is 0 Å². The second-order valence-corrected chi connectivity index (χ2v) is 6.59. The summed E-state index contributed by atoms with van der Waals surface area (Å²) in [6.07, 6.45) is 0. The molecule has 6 nitrogen and oxygen atoms in total. The number of hydrogen-bond donors (Lipinski definition) is 1. The van der Waals surface area contributed by atoms with Crippen molar-refractivity contribution in [3.8, 4) is 11.5 Å². The third-order valence-electron chi connectivity index (χ3n) is 4.69. The molecule has 0 bridgehead atoms. The van der Waals surface area contributed by atoms with Gasteiger partial charge in [0.25, 0.3) is 5.91 Å². The standard InChI is InChI=1S/C21H24F2N2O4/c1-27-19-13-16(7-8-18(19)29-21(22)23)20(26)24-17(15-5-3-2-4-6-15)14-25-9-11-28-12-10-25/h2-8,13,17,21H,9-12,14H2,1H3,(H,24,26)/t17-/m0/s1. The largest absolute Gasteiger partial charge is 0.493 e. The van der Waals surface area contributed by atoms with Crippen molar-refractivity contribution in [3.05, 3.63) is 59.7 Å². The first-order valence-corrected chi connectivity index (χ1v) is 9.35. The maximum atomic E-state index is 12.9. The van der Waals surface area contributed by atoms with Crippen LogP contribution in [0.15, 0.2) is 48.5 Å². The minimum atomic E-state index is -2.97. The molecule has 0 unspecified atom stereocenters. The molecular formula is C21H24F2N2O4. The van der Waals surface area contributed by atoms with E-state index in [-0.39, 0.29) is 23.4 Å². The highest BCUT2D eigenvalue weighted by molar-refractivity contribution is 5.95. The number of methoxy groups -OCH3 is 1. The Bertz CT molecular complexity index is 799. The molecule has 2 aromatic carbocycles. The maximum Gasteiger partial charge on any atom is 0.387 e. The van der Waals surface area contributed by atoms with Crippen molar-refractivity contribution in [3.63, 3.8) is 0 Å². The van der Waals surface area contributed by atoms with Crippen LogP contribution in [0.25, 0.3) is 0 Å². The number of alkyl halides is 2. The number of rotatable bonds is 8. The lowest BCUT2D eigenvalue weighted by atomic mass is 10.0. The Hall–Kier alpha value is -2.71. The lowest BCUT2D eigenvalue weighted by Gasteiger charge is -2.31. The van der Waals surface area contributed by atoms with E-state index in [0.29, 0.717) is 25.3 Å². The minimum Gasteiger partial charge on any atom is -0.493 e. The number of amides is 1. The fourth-order valence-electron chi connectivity index (χ4n) is 3.21. The molecule has 1 fully saturated rings. The van der Waals surface area contributed by atoms with E-state index in [0.717, 1.165) is 18.7 Å². The Labute approximate surface area is 168 Å². The molecule has 1 aliphatic heterocycles. The summed E-state index contributed by atoms with van der Waals surface area (Å²) in [5, 5.41) is 3.04. The number of nitrogens with zero attached hydrogens (tertiary/aromatic N) is 1. The average molecular weight is 406 g/mol. The average Bonchev–Trinajstić information content (AvgIpc) is 2.74. The normalized spacial score (nSPS) is 15.7. The smallest absolute Gasteiger partial charge is 0.387 e. The molecule has 0 aliphatic carbocycles. The van der Waals surface area contributed by atoms with Crippen LogP contribution >= 0.6 is 0 Å². The predicted octanol–water partition coefficient (Wildman–Crippen LogP) is 3.10. The summed E-state index contributed by atoms with van der Waals surface area (Å²) in [4.78, 5) is 15.1. The van der Waals surface area contributed by atoms with Gasteiger partial charge in [0.1, 0.15) is 0 Å². The molecule has 1 saturated heterocycles. The zero-order valence-electron chi connectivity index (χ0n) is 16.1. The maximum absolute atomic E-state index is 12.9. The van der Waals surface area contributed by atoms with E-state index in [2.05, 4.69) is 15.0 Å². The van der Waals surface area contributed by atoms with Gasteiger partial charge in [0.15, 0.2) is 11.5 Å². The van der Waals surface area contributed by atoms with Crippen molar-refractivity contribution in [2.24, 2.45) is 0 Å². The molecule has 2 aromatic rings. The molecule has 1 atom stereocenters. The molecule has 0 radical (unpaired) electrons. The highest BCUT2D eigenvalue weighted by Crippen LogP contribution is 2.29. The van der Waals surface area contributed by atoms with Crippen molar-refractivity contribution in [1.29, 1.82) is 0 Å². The van der Waals surface area contributed by atoms with Gasteiger partial charge in [-0.05, 0) is 23.8 Å². The van der Waals surface area contributed by atoms with Crippen LogP contribution in [0.5, 0.6) is 11.5 Å². The van der Waals surface area contributed by atoms with Gasteiger partial charge in [0.2, 0.25) is 0 Å². The van der Waals surface area contributed by atoms with Gasteiger partial charge in [-0.25, -0.2) is 0 Å². The van der Waals surface area contributed by atoms with Crippen molar-refractivity contribution < 1.29 is 27.8 Å². The van der Waals surface area contributed by atoms with Crippen LogP contribution in [0.3, 0.4) is 0 Å². The second-order valence-electron chi connectivity index (χ2n) is 6.59. The minimum absolute atomic E-state index is 0.0717. The second kappa shape index (κ2) is 10.2. The van der Waals surface area contributed by atoms with E-state index in [1.54, 1.807) is 0 Å². The molecule has 3 rings (SSSR count). The third-order valence-corrected chi connectivity index (χ3v) is 4.69. The van der Waals surface area contributed by atoms with E-state index in [1.165, 1.54) is 25.3 Å². The molecular weight excluding hydrogens is 382 g/mol. The summed E-state index contributed by atoms with van der Waals surface area (Å²) in [5.41, 5.74) is 1.28. The van der Waals surface area contributed by atoms with E-state index in [4.69, 9.17) is 9.47 Å². The van der Waals surface area contributed by atoms with Crippen molar-refractivity contribution in [1.82, 2.24) is 10.2 Å². The number of ether oxygens (including phenoxy) is 3. The highest BCUT2D eigenvalue weighted by atomic mass is 19.3. The van der Waals surface area contributed by atoms with Crippen LogP contribution in [0.1, 0.15) is 22.0 Å². The summed E-state index contributed by atoms with van der Waals surface area (Å²) in [7, 11) is 1.33. The summed E-state index contributed by atoms with van der Waals surface area (Å²) < 4.78 is 39.9. The van der Waals surface area contributed by atoms with Crippen LogP contribution in [-0.4, -0.2) is 57.4 Å². The molecule has 0 aromatic heterocycles. The van der Waals surface area contributed by atoms with Crippen molar-refractivity contribution in [2.75, 3.05) is 40.0 Å². The van der Waals surface area contributed by atoms with Gasteiger partial charge in [-0.15, -0.1) is 0 Å². The summed E-state index contributed by atoms with van der Waals surface area (Å²) in [6, 6.07) is 13.6. The van der Waals surface area contributed by atoms with Crippen molar-refractivity contribution in [2.45, 2.75) is 12.7 Å². The van der Waals surface area contributed by atoms with Crippen molar-refractivity contribution >= 4 is 5.91 Å². The Morgan fingerprint density at radius 3 is 2.52 bits per heavy atom. The molecule has 1 N–H and O–H groups in total. The molecule has 1 aliphatic rings. The van der Waals surface area contributed by atoms with E-state index in [1.807, 2.05) is 30.3 Å². The highest BCUT2D eigenvalue weighted by Gasteiger charge is 2.22. The van der Waals surface area contributed by atoms with Gasteiger partial charge in [0, 0.05) is 25.2 Å². The van der Waals surface area contributed by atoms with E-state index in [9.17, 15) is 13.6 Å². The Balaban J connectivity index is 1.76. The zero-order valence-corrected chi connectivity index (χ0v) is 16.1. The van der Waals surface area contributed by atoms with Gasteiger partial charge in [-0.3, -0.25) is 9.69 Å². The zero-order chi connectivity index (χ0) is 20.6. The van der Waals surface area contributed by atoms with E-state index >= 15 is 0 Å². The number of benzene rings is 2. The molecule has 1 amide bonds. The fourth-order valence-corrected chi connectivity index (χ4v) is 3.21. The summed E-state index contributed by atoms with van der Waals surface area (Å²) >= 11 is 0. The molecule has 29 heavy (non-hydrogen) atoms. The van der Waals surface area contributed by atoms with Crippen LogP contribution in [-0.2, 0) is 4.74 Å². The van der Waals surface area contributed by atoms with E-state index < -0.39 is 6.61 Å². The van der Waals surface area contributed by atoms with Crippen LogP contribution < -0.4 is 14.8 Å². The Morgan fingerprint density at radius 2 is 1.86 bits per heavy atom. The van der Waals surface area contributed by atoms with Gasteiger partial charge >= 0.3 is 6.61 Å². The van der Waals surface area contributed by atoms with Gasteiger partial charge in [-0.1, -0.05) is 30.3 Å². The molecule has 0 saturated carbocycles. The Kier molecular flexibility index (Phi) is 7.37. The summed E-state index contributed by atoms with van der Waals surface area (Å²) in [6.45, 7) is 0.596. The number of halogens is 2. The van der Waals surface area contributed by atoms with Gasteiger partial charge in [0.05, 0.1) is 26.4 Å². The number of carbonyl (C=O) groups is 1. The lowest BCUT2D eigenvalue weighted by molar-refractivity contribution is -0.0512. The first-order chi connectivity index (χ1) is 14.1. The SMILES string of the molecule is COc1cc(C(=O)N[C@@H](CN2CCOCC2)c2ccccc2)ccc1OC(F)F. The fraction of sp³-hybridized carbons (Fsp3) is 0.381. The van der Waals surface area contributed by atoms with Crippen LogP contribution in [0.4, 0.5) is 8.78 Å². The van der Waals surface area contributed by atoms with Crippen LogP contribution in [0, 0.1) is 0 Å². The topological polar surface area (TPSA) is 60.0 Å². The molecule has 1 heterocycles. The predicted molar refractivity (Wildman–Crippen MR) is 104 cm³/mol. The number of hydrogen-bond acceptors (Lipinski definition) is 5. The molecule has 8 heteroatoms. The monoisotopic (exact) mass is 406 g/mol.